The number of amides is 2. The number of carboxylic acid groups (broad SMARTS) is 1. The van der Waals surface area contributed by atoms with Crippen molar-refractivity contribution in [3.63, 3.8) is 0 Å². The second kappa shape index (κ2) is 9.63. The first-order valence-electron chi connectivity index (χ1n) is 11.6. The van der Waals surface area contributed by atoms with Gasteiger partial charge in [-0.15, -0.1) is 0 Å². The summed E-state index contributed by atoms with van der Waals surface area (Å²) in [4.78, 5) is 40.8. The van der Waals surface area contributed by atoms with Crippen molar-refractivity contribution < 1.29 is 19.5 Å². The standard InChI is InChI=1S/C27H29N3O4/c1-27(2,26(33)34)30-24(31)20-9-7-17(8-10-20)18-11-14-21(15-12-18)28-25(32)23-16-13-19-5-3-4-6-22(19)29-23/h3-6,11-17,20H,7-10H2,1-2H3,(H,28,32)(H,30,31)(H,33,34). The first kappa shape index (κ1) is 23.4. The van der Waals surface area contributed by atoms with E-state index < -0.39 is 11.5 Å². The molecule has 3 N–H and O–H groups in total. The van der Waals surface area contributed by atoms with Gasteiger partial charge in [-0.3, -0.25) is 9.59 Å². The summed E-state index contributed by atoms with van der Waals surface area (Å²) in [5, 5.41) is 15.8. The number of carbonyl (C=O) groups excluding carboxylic acids is 2. The zero-order chi connectivity index (χ0) is 24.3. The number of para-hydroxylation sites is 1. The minimum Gasteiger partial charge on any atom is -0.480 e. The van der Waals surface area contributed by atoms with Crippen molar-refractivity contribution in [1.29, 1.82) is 0 Å². The molecule has 1 saturated carbocycles. The Bertz CT molecular complexity index is 1210. The van der Waals surface area contributed by atoms with E-state index in [0.29, 0.717) is 17.3 Å². The molecule has 2 aromatic carbocycles. The summed E-state index contributed by atoms with van der Waals surface area (Å²) in [5.41, 5.74) is 1.75. The maximum atomic E-state index is 12.6. The summed E-state index contributed by atoms with van der Waals surface area (Å²) in [7, 11) is 0. The largest absolute Gasteiger partial charge is 0.480 e. The number of nitrogens with zero attached hydrogens (tertiary/aromatic N) is 1. The molecule has 176 valence electrons. The number of fused-ring (bicyclic) bond motifs is 1. The number of benzene rings is 2. The number of anilines is 1. The number of nitrogens with one attached hydrogen (secondary N) is 2. The van der Waals surface area contributed by atoms with Crippen molar-refractivity contribution in [2.75, 3.05) is 5.32 Å². The van der Waals surface area contributed by atoms with Crippen molar-refractivity contribution in [3.05, 3.63) is 71.9 Å². The molecule has 1 heterocycles. The van der Waals surface area contributed by atoms with Crippen LogP contribution in [0.15, 0.2) is 60.7 Å². The molecule has 1 aromatic heterocycles. The number of carboxylic acids is 1. The van der Waals surface area contributed by atoms with Gasteiger partial charge in [-0.25, -0.2) is 9.78 Å². The summed E-state index contributed by atoms with van der Waals surface area (Å²) in [6, 6.07) is 19.1. The minimum absolute atomic E-state index is 0.164. The maximum absolute atomic E-state index is 12.6. The van der Waals surface area contributed by atoms with Gasteiger partial charge in [0.05, 0.1) is 5.52 Å². The van der Waals surface area contributed by atoms with Crippen LogP contribution in [0.2, 0.25) is 0 Å². The highest BCUT2D eigenvalue weighted by Gasteiger charge is 2.33. The number of pyridine rings is 1. The Labute approximate surface area is 198 Å². The molecular formula is C27H29N3O4. The third kappa shape index (κ3) is 5.25. The fourth-order valence-corrected chi connectivity index (χ4v) is 4.38. The van der Waals surface area contributed by atoms with Crippen molar-refractivity contribution in [2.24, 2.45) is 5.92 Å². The lowest BCUT2D eigenvalue weighted by atomic mass is 9.78. The zero-order valence-electron chi connectivity index (χ0n) is 19.4. The number of aromatic nitrogens is 1. The van der Waals surface area contributed by atoms with E-state index in [1.54, 1.807) is 6.07 Å². The monoisotopic (exact) mass is 459 g/mol. The molecule has 0 aliphatic heterocycles. The Kier molecular flexibility index (Phi) is 6.63. The molecule has 4 rings (SSSR count). The molecule has 0 unspecified atom stereocenters. The molecule has 1 fully saturated rings. The first-order valence-corrected chi connectivity index (χ1v) is 11.6. The van der Waals surface area contributed by atoms with E-state index in [1.807, 2.05) is 54.6 Å². The lowest BCUT2D eigenvalue weighted by Gasteiger charge is -2.30. The fraction of sp³-hybridized carbons (Fsp3) is 0.333. The highest BCUT2D eigenvalue weighted by atomic mass is 16.4. The van der Waals surface area contributed by atoms with Crippen molar-refractivity contribution in [1.82, 2.24) is 10.3 Å². The molecule has 0 spiro atoms. The number of aliphatic carboxylic acids is 1. The summed E-state index contributed by atoms with van der Waals surface area (Å²) >= 11 is 0. The summed E-state index contributed by atoms with van der Waals surface area (Å²) < 4.78 is 0. The Morgan fingerprint density at radius 3 is 2.26 bits per heavy atom. The van der Waals surface area contributed by atoms with E-state index in [0.717, 1.165) is 36.6 Å². The van der Waals surface area contributed by atoms with E-state index in [9.17, 15) is 19.5 Å². The Hall–Kier alpha value is -3.74. The van der Waals surface area contributed by atoms with Gasteiger partial charge in [0.25, 0.3) is 5.91 Å². The summed E-state index contributed by atoms with van der Waals surface area (Å²) in [6.45, 7) is 2.99. The van der Waals surface area contributed by atoms with Crippen LogP contribution in [0.1, 0.15) is 61.5 Å². The number of hydrogen-bond acceptors (Lipinski definition) is 4. The predicted octanol–water partition coefficient (Wildman–Crippen LogP) is 4.74. The lowest BCUT2D eigenvalue weighted by molar-refractivity contribution is -0.146. The normalized spacial score (nSPS) is 18.3. The Morgan fingerprint density at radius 1 is 0.912 bits per heavy atom. The average Bonchev–Trinajstić information content (AvgIpc) is 2.84. The first-order chi connectivity index (χ1) is 16.2. The molecule has 0 bridgehead atoms. The second-order valence-electron chi connectivity index (χ2n) is 9.43. The number of hydrogen-bond donors (Lipinski definition) is 3. The molecule has 2 amide bonds. The lowest BCUT2D eigenvalue weighted by Crippen LogP contribution is -2.51. The number of carbonyl (C=O) groups is 3. The molecule has 1 aliphatic carbocycles. The Balaban J connectivity index is 1.32. The molecule has 0 atom stereocenters. The van der Waals surface area contributed by atoms with Crippen LogP contribution in [0.3, 0.4) is 0 Å². The topological polar surface area (TPSA) is 108 Å². The van der Waals surface area contributed by atoms with E-state index in [2.05, 4.69) is 15.6 Å². The Morgan fingerprint density at radius 2 is 1.59 bits per heavy atom. The number of rotatable bonds is 6. The highest BCUT2D eigenvalue weighted by molar-refractivity contribution is 6.04. The third-order valence-corrected chi connectivity index (χ3v) is 6.54. The van der Waals surface area contributed by atoms with Crippen LogP contribution >= 0.6 is 0 Å². The van der Waals surface area contributed by atoms with Crippen LogP contribution in [0.5, 0.6) is 0 Å². The summed E-state index contributed by atoms with van der Waals surface area (Å²) in [6.07, 6.45) is 3.16. The van der Waals surface area contributed by atoms with Gasteiger partial charge < -0.3 is 15.7 Å². The third-order valence-electron chi connectivity index (χ3n) is 6.54. The van der Waals surface area contributed by atoms with Crippen LogP contribution in [0.4, 0.5) is 5.69 Å². The molecule has 34 heavy (non-hydrogen) atoms. The molecule has 7 heteroatoms. The van der Waals surface area contributed by atoms with Crippen LogP contribution in [0.25, 0.3) is 10.9 Å². The van der Waals surface area contributed by atoms with E-state index >= 15 is 0 Å². The van der Waals surface area contributed by atoms with Gasteiger partial charge in [0.1, 0.15) is 11.2 Å². The van der Waals surface area contributed by atoms with Crippen molar-refractivity contribution in [2.45, 2.75) is 51.0 Å². The van der Waals surface area contributed by atoms with Gasteiger partial charge in [0, 0.05) is 17.0 Å². The molecule has 0 saturated heterocycles. The van der Waals surface area contributed by atoms with Gasteiger partial charge in [-0.1, -0.05) is 36.4 Å². The predicted molar refractivity (Wildman–Crippen MR) is 131 cm³/mol. The maximum Gasteiger partial charge on any atom is 0.328 e. The van der Waals surface area contributed by atoms with Crippen molar-refractivity contribution in [3.8, 4) is 0 Å². The van der Waals surface area contributed by atoms with Gasteiger partial charge >= 0.3 is 5.97 Å². The van der Waals surface area contributed by atoms with E-state index in [1.165, 1.54) is 19.4 Å². The van der Waals surface area contributed by atoms with E-state index in [-0.39, 0.29) is 17.7 Å². The summed E-state index contributed by atoms with van der Waals surface area (Å²) in [5.74, 6) is -1.31. The molecule has 7 nitrogen and oxygen atoms in total. The quantitative estimate of drug-likeness (QED) is 0.493. The molecule has 3 aromatic rings. The van der Waals surface area contributed by atoms with Gasteiger partial charge in [-0.2, -0.15) is 0 Å². The molecular weight excluding hydrogens is 430 g/mol. The van der Waals surface area contributed by atoms with Crippen LogP contribution < -0.4 is 10.6 Å². The molecule has 0 radical (unpaired) electrons. The van der Waals surface area contributed by atoms with Crippen LogP contribution in [0, 0.1) is 5.92 Å². The SMILES string of the molecule is CC(C)(NC(=O)C1CCC(c2ccc(NC(=O)c3ccc4ccccc4n3)cc2)CC1)C(=O)O. The highest BCUT2D eigenvalue weighted by Crippen LogP contribution is 2.36. The van der Waals surface area contributed by atoms with Crippen LogP contribution in [-0.4, -0.2) is 33.4 Å². The average molecular weight is 460 g/mol. The second-order valence-corrected chi connectivity index (χ2v) is 9.43. The van der Waals surface area contributed by atoms with Gasteiger partial charge in [-0.05, 0) is 75.3 Å². The smallest absolute Gasteiger partial charge is 0.328 e. The van der Waals surface area contributed by atoms with Gasteiger partial charge in [0.15, 0.2) is 0 Å². The zero-order valence-corrected chi connectivity index (χ0v) is 19.4. The van der Waals surface area contributed by atoms with Crippen molar-refractivity contribution >= 4 is 34.4 Å². The fourth-order valence-electron chi connectivity index (χ4n) is 4.38. The van der Waals surface area contributed by atoms with Crippen LogP contribution in [-0.2, 0) is 9.59 Å². The minimum atomic E-state index is -1.27. The van der Waals surface area contributed by atoms with E-state index in [4.69, 9.17) is 0 Å². The molecule has 1 aliphatic rings. The van der Waals surface area contributed by atoms with Gasteiger partial charge in [0.2, 0.25) is 5.91 Å².